The van der Waals surface area contributed by atoms with Gasteiger partial charge in [-0.1, -0.05) is 11.2 Å². The molecule has 11 heteroatoms. The third-order valence-electron chi connectivity index (χ3n) is 5.18. The number of piperidine rings is 1. The molecule has 1 fully saturated rings. The van der Waals surface area contributed by atoms with Crippen molar-refractivity contribution in [1.29, 1.82) is 0 Å². The number of hydrogen-bond donors (Lipinski definition) is 1. The molecule has 1 N–H and O–H groups in total. The molecular formula is C21H21FN4O5S. The highest BCUT2D eigenvalue weighted by Gasteiger charge is 2.33. The molecular weight excluding hydrogens is 439 g/mol. The third-order valence-corrected chi connectivity index (χ3v) is 7.06. The first-order chi connectivity index (χ1) is 15.4. The third kappa shape index (κ3) is 4.63. The fourth-order valence-corrected chi connectivity index (χ4v) is 5.01. The van der Waals surface area contributed by atoms with Crippen molar-refractivity contribution < 1.29 is 26.8 Å². The van der Waals surface area contributed by atoms with Gasteiger partial charge in [-0.2, -0.15) is 4.31 Å². The lowest BCUT2D eigenvalue weighted by Gasteiger charge is -2.30. The highest BCUT2D eigenvalue weighted by atomic mass is 32.2. The summed E-state index contributed by atoms with van der Waals surface area (Å²) < 4.78 is 50.8. The van der Waals surface area contributed by atoms with Crippen LogP contribution in [0, 0.1) is 11.7 Å². The van der Waals surface area contributed by atoms with Crippen LogP contribution in [0.25, 0.3) is 11.5 Å². The minimum atomic E-state index is -3.83. The highest BCUT2D eigenvalue weighted by Crippen LogP contribution is 2.26. The van der Waals surface area contributed by atoms with E-state index in [2.05, 4.69) is 15.5 Å². The van der Waals surface area contributed by atoms with Gasteiger partial charge in [0.25, 0.3) is 0 Å². The van der Waals surface area contributed by atoms with Gasteiger partial charge >= 0.3 is 6.01 Å². The number of halogens is 1. The van der Waals surface area contributed by atoms with Gasteiger partial charge in [0.1, 0.15) is 11.6 Å². The molecule has 1 aliphatic rings. The Bertz CT molecular complexity index is 1210. The number of aromatic nitrogens is 2. The van der Waals surface area contributed by atoms with E-state index in [1.54, 1.807) is 31.4 Å². The van der Waals surface area contributed by atoms with Gasteiger partial charge in [-0.3, -0.25) is 10.1 Å². The van der Waals surface area contributed by atoms with Crippen molar-refractivity contribution in [3.63, 3.8) is 0 Å². The fourth-order valence-electron chi connectivity index (χ4n) is 3.48. The molecule has 2 heterocycles. The number of carbonyl (C=O) groups is 1. The lowest BCUT2D eigenvalue weighted by atomic mass is 9.99. The van der Waals surface area contributed by atoms with Crippen molar-refractivity contribution in [1.82, 2.24) is 14.5 Å². The number of nitrogens with zero attached hydrogens (tertiary/aromatic N) is 3. The molecule has 1 atom stereocenters. The van der Waals surface area contributed by atoms with Crippen LogP contribution in [0.2, 0.25) is 0 Å². The maximum absolute atomic E-state index is 13.2. The number of hydrogen-bond acceptors (Lipinski definition) is 7. The maximum atomic E-state index is 13.2. The van der Waals surface area contributed by atoms with Crippen molar-refractivity contribution in [3.8, 4) is 17.2 Å². The minimum Gasteiger partial charge on any atom is -0.497 e. The van der Waals surface area contributed by atoms with E-state index in [0.29, 0.717) is 24.2 Å². The molecule has 0 aliphatic carbocycles. The Labute approximate surface area is 184 Å². The Kier molecular flexibility index (Phi) is 6.19. The topological polar surface area (TPSA) is 115 Å². The first kappa shape index (κ1) is 21.9. The SMILES string of the molecule is COc1cccc(-c2nnc(NC(=O)C3CCCN(S(=O)(=O)c4ccc(F)cc4)C3)o2)c1. The van der Waals surface area contributed by atoms with Crippen LogP contribution in [0.4, 0.5) is 10.4 Å². The normalized spacial score (nSPS) is 17.1. The first-order valence-electron chi connectivity index (χ1n) is 9.91. The van der Waals surface area contributed by atoms with Gasteiger partial charge in [0.2, 0.25) is 21.8 Å². The zero-order valence-electron chi connectivity index (χ0n) is 17.2. The van der Waals surface area contributed by atoms with Gasteiger partial charge in [-0.15, -0.1) is 5.10 Å². The predicted molar refractivity (Wildman–Crippen MR) is 113 cm³/mol. The molecule has 2 aromatic carbocycles. The molecule has 0 bridgehead atoms. The van der Waals surface area contributed by atoms with Crippen LogP contribution in [-0.4, -0.2) is 49.0 Å². The number of rotatable bonds is 6. The van der Waals surface area contributed by atoms with Crippen LogP contribution in [0.1, 0.15) is 12.8 Å². The summed E-state index contributed by atoms with van der Waals surface area (Å²) in [5.74, 6) is -0.692. The summed E-state index contributed by atoms with van der Waals surface area (Å²) in [7, 11) is -2.29. The Hall–Kier alpha value is -3.31. The second-order valence-electron chi connectivity index (χ2n) is 7.29. The average Bonchev–Trinajstić information content (AvgIpc) is 3.28. The van der Waals surface area contributed by atoms with Crippen LogP contribution in [-0.2, 0) is 14.8 Å². The molecule has 32 heavy (non-hydrogen) atoms. The summed E-state index contributed by atoms with van der Waals surface area (Å²) in [6.07, 6.45) is 1.02. The summed E-state index contributed by atoms with van der Waals surface area (Å²) in [6, 6.07) is 11.6. The molecule has 4 rings (SSSR count). The van der Waals surface area contributed by atoms with Gasteiger partial charge in [0, 0.05) is 18.7 Å². The van der Waals surface area contributed by atoms with Crippen molar-refractivity contribution in [2.75, 3.05) is 25.5 Å². The molecule has 1 amide bonds. The zero-order valence-corrected chi connectivity index (χ0v) is 18.0. The van der Waals surface area contributed by atoms with Crippen molar-refractivity contribution in [3.05, 3.63) is 54.3 Å². The van der Waals surface area contributed by atoms with Gasteiger partial charge in [0.05, 0.1) is 17.9 Å². The Morgan fingerprint density at radius 3 is 2.75 bits per heavy atom. The van der Waals surface area contributed by atoms with E-state index in [4.69, 9.17) is 9.15 Å². The first-order valence-corrected chi connectivity index (χ1v) is 11.4. The van der Waals surface area contributed by atoms with Gasteiger partial charge in [0.15, 0.2) is 0 Å². The summed E-state index contributed by atoms with van der Waals surface area (Å²) in [5.41, 5.74) is 0.631. The highest BCUT2D eigenvalue weighted by molar-refractivity contribution is 7.89. The maximum Gasteiger partial charge on any atom is 0.322 e. The number of benzene rings is 2. The van der Waals surface area contributed by atoms with Gasteiger partial charge in [-0.05, 0) is 55.3 Å². The summed E-state index contributed by atoms with van der Waals surface area (Å²) in [6.45, 7) is 0.284. The molecule has 3 aromatic rings. The molecule has 1 unspecified atom stereocenters. The monoisotopic (exact) mass is 460 g/mol. The predicted octanol–water partition coefficient (Wildman–Crippen LogP) is 2.92. The van der Waals surface area contributed by atoms with E-state index in [1.165, 1.54) is 16.4 Å². The van der Waals surface area contributed by atoms with Crippen molar-refractivity contribution >= 4 is 21.9 Å². The van der Waals surface area contributed by atoms with Crippen LogP contribution in [0.3, 0.4) is 0 Å². The molecule has 1 aliphatic heterocycles. The second-order valence-corrected chi connectivity index (χ2v) is 9.23. The van der Waals surface area contributed by atoms with E-state index >= 15 is 0 Å². The molecule has 0 radical (unpaired) electrons. The van der Waals surface area contributed by atoms with Crippen molar-refractivity contribution in [2.45, 2.75) is 17.7 Å². The molecule has 1 aromatic heterocycles. The molecule has 0 spiro atoms. The lowest BCUT2D eigenvalue weighted by Crippen LogP contribution is -2.43. The number of carbonyl (C=O) groups excluding carboxylic acids is 1. The summed E-state index contributed by atoms with van der Waals surface area (Å²) >= 11 is 0. The largest absolute Gasteiger partial charge is 0.497 e. The smallest absolute Gasteiger partial charge is 0.322 e. The van der Waals surface area contributed by atoms with Gasteiger partial charge in [-0.25, -0.2) is 12.8 Å². The quantitative estimate of drug-likeness (QED) is 0.601. The van der Waals surface area contributed by atoms with Gasteiger partial charge < -0.3 is 9.15 Å². The number of methoxy groups -OCH3 is 1. The van der Waals surface area contributed by atoms with E-state index in [9.17, 15) is 17.6 Å². The number of ether oxygens (including phenoxy) is 1. The minimum absolute atomic E-state index is 0.00240. The molecule has 1 saturated heterocycles. The van der Waals surface area contributed by atoms with Crippen LogP contribution in [0.5, 0.6) is 5.75 Å². The molecule has 168 valence electrons. The average molecular weight is 460 g/mol. The van der Waals surface area contributed by atoms with Crippen LogP contribution < -0.4 is 10.1 Å². The van der Waals surface area contributed by atoms with Crippen LogP contribution in [0.15, 0.2) is 57.8 Å². The number of nitrogens with one attached hydrogen (secondary N) is 1. The Morgan fingerprint density at radius 1 is 1.22 bits per heavy atom. The van der Waals surface area contributed by atoms with E-state index in [0.717, 1.165) is 12.1 Å². The van der Waals surface area contributed by atoms with Crippen molar-refractivity contribution in [2.24, 2.45) is 5.92 Å². The summed E-state index contributed by atoms with van der Waals surface area (Å²) in [5, 5.41) is 10.4. The van der Waals surface area contributed by atoms with Crippen LogP contribution >= 0.6 is 0 Å². The zero-order chi connectivity index (χ0) is 22.7. The Balaban J connectivity index is 1.44. The second kappa shape index (κ2) is 9.05. The van der Waals surface area contributed by atoms with E-state index < -0.39 is 27.7 Å². The Morgan fingerprint density at radius 2 is 2.00 bits per heavy atom. The summed E-state index contributed by atoms with van der Waals surface area (Å²) in [4.78, 5) is 12.7. The van der Waals surface area contributed by atoms with E-state index in [1.807, 2.05) is 0 Å². The number of anilines is 1. The van der Waals surface area contributed by atoms with E-state index in [-0.39, 0.29) is 29.9 Å². The number of sulfonamides is 1. The number of amides is 1. The molecule has 0 saturated carbocycles. The standard InChI is InChI=1S/C21H21FN4O5S/c1-30-17-6-2-4-14(12-17)20-24-25-21(31-20)23-19(27)15-5-3-11-26(13-15)32(28,29)18-9-7-16(22)8-10-18/h2,4,6-10,12,15H,3,5,11,13H2,1H3,(H,23,25,27). The lowest BCUT2D eigenvalue weighted by molar-refractivity contribution is -0.121. The molecule has 9 nitrogen and oxygen atoms in total. The fraction of sp³-hybridized carbons (Fsp3) is 0.286.